The Hall–Kier alpha value is -0.640. The van der Waals surface area contributed by atoms with Crippen molar-refractivity contribution in [3.8, 4) is 0 Å². The second-order valence-corrected chi connectivity index (χ2v) is 6.37. The number of hydrogen-bond donors (Lipinski definition) is 1. The van der Waals surface area contributed by atoms with Gasteiger partial charge in [-0.1, -0.05) is 17.7 Å². The molecule has 2 aliphatic heterocycles. The van der Waals surface area contributed by atoms with Crippen molar-refractivity contribution < 1.29 is 4.39 Å². The first kappa shape index (κ1) is 13.3. The van der Waals surface area contributed by atoms with E-state index in [0.717, 1.165) is 38.3 Å². The number of benzene rings is 1. The number of nitrogens with one attached hydrogen (secondary N) is 1. The van der Waals surface area contributed by atoms with E-state index in [-0.39, 0.29) is 10.8 Å². The molecular weight excluding hydrogens is 263 g/mol. The van der Waals surface area contributed by atoms with E-state index in [1.807, 2.05) is 6.07 Å². The average Bonchev–Trinajstić information content (AvgIpc) is 2.78. The summed E-state index contributed by atoms with van der Waals surface area (Å²) >= 11 is 5.72. The van der Waals surface area contributed by atoms with Crippen LogP contribution in [0.3, 0.4) is 0 Å². The zero-order valence-electron chi connectivity index (χ0n) is 11.1. The van der Waals surface area contributed by atoms with Crippen LogP contribution in [0.25, 0.3) is 0 Å². The molecule has 104 valence electrons. The van der Waals surface area contributed by atoms with Crippen LogP contribution in [0.4, 0.5) is 4.39 Å². The Morgan fingerprint density at radius 1 is 1.26 bits per heavy atom. The van der Waals surface area contributed by atoms with Gasteiger partial charge in [-0.3, -0.25) is 4.90 Å². The molecule has 0 atom stereocenters. The lowest BCUT2D eigenvalue weighted by atomic mass is 9.78. The Morgan fingerprint density at radius 3 is 2.79 bits per heavy atom. The summed E-state index contributed by atoms with van der Waals surface area (Å²) in [4.78, 5) is 2.45. The van der Waals surface area contributed by atoms with Crippen molar-refractivity contribution in [1.82, 2.24) is 10.2 Å². The molecule has 19 heavy (non-hydrogen) atoms. The summed E-state index contributed by atoms with van der Waals surface area (Å²) in [5.74, 6) is -0.310. The third kappa shape index (κ3) is 2.93. The van der Waals surface area contributed by atoms with Gasteiger partial charge < -0.3 is 5.32 Å². The van der Waals surface area contributed by atoms with Crippen LogP contribution in [0.2, 0.25) is 5.02 Å². The predicted molar refractivity (Wildman–Crippen MR) is 75.8 cm³/mol. The highest BCUT2D eigenvalue weighted by molar-refractivity contribution is 6.30. The molecule has 1 N–H and O–H groups in total. The van der Waals surface area contributed by atoms with Gasteiger partial charge in [0.05, 0.1) is 5.02 Å². The van der Waals surface area contributed by atoms with Crippen LogP contribution >= 0.6 is 11.6 Å². The average molecular weight is 283 g/mol. The van der Waals surface area contributed by atoms with Crippen LogP contribution in [-0.4, -0.2) is 31.1 Å². The van der Waals surface area contributed by atoms with Gasteiger partial charge >= 0.3 is 0 Å². The van der Waals surface area contributed by atoms with Gasteiger partial charge in [0.25, 0.3) is 0 Å². The fourth-order valence-corrected chi connectivity index (χ4v) is 3.54. The molecule has 2 heterocycles. The minimum Gasteiger partial charge on any atom is -0.317 e. The van der Waals surface area contributed by atoms with Crippen LogP contribution in [-0.2, 0) is 6.54 Å². The Morgan fingerprint density at radius 2 is 2.05 bits per heavy atom. The molecule has 1 aromatic carbocycles. The number of rotatable bonds is 2. The van der Waals surface area contributed by atoms with E-state index in [4.69, 9.17) is 11.6 Å². The van der Waals surface area contributed by atoms with Gasteiger partial charge in [0, 0.05) is 13.1 Å². The van der Waals surface area contributed by atoms with E-state index < -0.39 is 0 Å². The maximum atomic E-state index is 13.4. The summed E-state index contributed by atoms with van der Waals surface area (Å²) in [6.07, 6.45) is 3.84. The number of hydrogen-bond acceptors (Lipinski definition) is 2. The SMILES string of the molecule is Fc1cc(CN2CCC3(CCNCC3)C2)ccc1Cl. The summed E-state index contributed by atoms with van der Waals surface area (Å²) in [6.45, 7) is 5.40. The first-order valence-corrected chi connectivity index (χ1v) is 7.42. The molecule has 0 aromatic heterocycles. The maximum absolute atomic E-state index is 13.4. The first-order chi connectivity index (χ1) is 9.17. The van der Waals surface area contributed by atoms with Crippen molar-refractivity contribution in [1.29, 1.82) is 0 Å². The van der Waals surface area contributed by atoms with Crippen molar-refractivity contribution in [2.75, 3.05) is 26.2 Å². The van der Waals surface area contributed by atoms with Crippen molar-refractivity contribution in [2.24, 2.45) is 5.41 Å². The predicted octanol–water partition coefficient (Wildman–Crippen LogP) is 3.05. The quantitative estimate of drug-likeness (QED) is 0.897. The Balaban J connectivity index is 1.63. The summed E-state index contributed by atoms with van der Waals surface area (Å²) in [5.41, 5.74) is 1.53. The smallest absolute Gasteiger partial charge is 0.142 e. The molecule has 3 rings (SSSR count). The van der Waals surface area contributed by atoms with Crippen LogP contribution < -0.4 is 5.32 Å². The van der Waals surface area contributed by atoms with E-state index in [1.54, 1.807) is 12.1 Å². The fraction of sp³-hybridized carbons (Fsp3) is 0.600. The molecule has 1 spiro atoms. The first-order valence-electron chi connectivity index (χ1n) is 7.04. The van der Waals surface area contributed by atoms with Gasteiger partial charge in [0.15, 0.2) is 0 Å². The Labute approximate surface area is 118 Å². The maximum Gasteiger partial charge on any atom is 0.142 e. The van der Waals surface area contributed by atoms with E-state index in [1.165, 1.54) is 19.3 Å². The van der Waals surface area contributed by atoms with Crippen LogP contribution in [0.5, 0.6) is 0 Å². The molecule has 2 nitrogen and oxygen atoms in total. The van der Waals surface area contributed by atoms with Crippen molar-refractivity contribution in [2.45, 2.75) is 25.8 Å². The highest BCUT2D eigenvalue weighted by atomic mass is 35.5. The number of nitrogens with zero attached hydrogens (tertiary/aromatic N) is 1. The van der Waals surface area contributed by atoms with Crippen molar-refractivity contribution >= 4 is 11.6 Å². The highest BCUT2D eigenvalue weighted by Crippen LogP contribution is 2.39. The van der Waals surface area contributed by atoms with Gasteiger partial charge in [-0.2, -0.15) is 0 Å². The van der Waals surface area contributed by atoms with Gasteiger partial charge in [-0.15, -0.1) is 0 Å². The number of likely N-dealkylation sites (tertiary alicyclic amines) is 1. The van der Waals surface area contributed by atoms with Crippen LogP contribution in [0.15, 0.2) is 18.2 Å². The Bertz CT molecular complexity index is 457. The van der Waals surface area contributed by atoms with Gasteiger partial charge in [-0.05, 0) is 62.0 Å². The zero-order valence-corrected chi connectivity index (χ0v) is 11.8. The molecule has 2 fully saturated rings. The minimum atomic E-state index is -0.310. The summed E-state index contributed by atoms with van der Waals surface area (Å²) < 4.78 is 13.4. The topological polar surface area (TPSA) is 15.3 Å². The fourth-order valence-electron chi connectivity index (χ4n) is 3.42. The van der Waals surface area contributed by atoms with Gasteiger partial charge in [-0.25, -0.2) is 4.39 Å². The lowest BCUT2D eigenvalue weighted by Gasteiger charge is -2.33. The lowest BCUT2D eigenvalue weighted by molar-refractivity contribution is 0.194. The van der Waals surface area contributed by atoms with E-state index in [9.17, 15) is 4.39 Å². The normalized spacial score (nSPS) is 23.1. The molecule has 0 bridgehead atoms. The van der Waals surface area contributed by atoms with Crippen LogP contribution in [0.1, 0.15) is 24.8 Å². The van der Waals surface area contributed by atoms with E-state index in [2.05, 4.69) is 10.2 Å². The second-order valence-electron chi connectivity index (χ2n) is 5.96. The second kappa shape index (κ2) is 5.39. The summed E-state index contributed by atoms with van der Waals surface area (Å²) in [5, 5.41) is 3.64. The molecule has 1 aromatic rings. The van der Waals surface area contributed by atoms with Gasteiger partial charge in [0.1, 0.15) is 5.82 Å². The largest absolute Gasteiger partial charge is 0.317 e. The third-order valence-corrected chi connectivity index (χ3v) is 4.88. The molecule has 4 heteroatoms. The minimum absolute atomic E-state index is 0.208. The molecule has 2 saturated heterocycles. The number of piperidine rings is 1. The van der Waals surface area contributed by atoms with E-state index in [0.29, 0.717) is 5.41 Å². The van der Waals surface area contributed by atoms with Crippen molar-refractivity contribution in [3.05, 3.63) is 34.6 Å². The molecule has 0 amide bonds. The molecular formula is C15H20ClFN2. The Kier molecular flexibility index (Phi) is 3.79. The number of halogens is 2. The zero-order chi connectivity index (χ0) is 13.3. The molecule has 2 aliphatic rings. The molecule has 0 saturated carbocycles. The summed E-state index contributed by atoms with van der Waals surface area (Å²) in [6, 6.07) is 5.15. The molecule has 0 aliphatic carbocycles. The summed E-state index contributed by atoms with van der Waals surface area (Å²) in [7, 11) is 0. The monoisotopic (exact) mass is 282 g/mol. The van der Waals surface area contributed by atoms with Crippen LogP contribution in [0, 0.1) is 11.2 Å². The van der Waals surface area contributed by atoms with E-state index >= 15 is 0 Å². The third-order valence-electron chi connectivity index (χ3n) is 4.57. The van der Waals surface area contributed by atoms with Crippen molar-refractivity contribution in [3.63, 3.8) is 0 Å². The molecule has 0 radical (unpaired) electrons. The molecule has 0 unspecified atom stereocenters. The highest BCUT2D eigenvalue weighted by Gasteiger charge is 2.38. The standard InChI is InChI=1S/C15H20ClFN2/c16-13-2-1-12(9-14(13)17)10-19-8-5-15(11-19)3-6-18-7-4-15/h1-2,9,18H,3-8,10-11H2. The lowest BCUT2D eigenvalue weighted by Crippen LogP contribution is -2.38. The van der Waals surface area contributed by atoms with Gasteiger partial charge in [0.2, 0.25) is 0 Å².